The first-order valence-corrected chi connectivity index (χ1v) is 9.14. The SMILES string of the molecule is NC(=O)C1CCCN(C(=O)CN2CCNCC23CCCCC3)C1. The molecule has 0 radical (unpaired) electrons. The van der Waals surface area contributed by atoms with Crippen LogP contribution in [0.25, 0.3) is 0 Å². The quantitative estimate of drug-likeness (QED) is 0.784. The van der Waals surface area contributed by atoms with Gasteiger partial charge in [-0.2, -0.15) is 0 Å². The summed E-state index contributed by atoms with van der Waals surface area (Å²) in [5, 5.41) is 3.52. The lowest BCUT2D eigenvalue weighted by Gasteiger charge is -2.50. The lowest BCUT2D eigenvalue weighted by Crippen LogP contribution is -2.64. The Morgan fingerprint density at radius 1 is 1.13 bits per heavy atom. The normalized spacial score (nSPS) is 28.7. The highest BCUT2D eigenvalue weighted by Crippen LogP contribution is 2.34. The van der Waals surface area contributed by atoms with E-state index < -0.39 is 0 Å². The van der Waals surface area contributed by atoms with Crippen LogP contribution in [0.1, 0.15) is 44.9 Å². The fraction of sp³-hybridized carbons (Fsp3) is 0.882. The Labute approximate surface area is 138 Å². The number of amides is 2. The van der Waals surface area contributed by atoms with Crippen molar-refractivity contribution >= 4 is 11.8 Å². The molecule has 23 heavy (non-hydrogen) atoms. The minimum Gasteiger partial charge on any atom is -0.369 e. The Morgan fingerprint density at radius 3 is 2.65 bits per heavy atom. The van der Waals surface area contributed by atoms with Crippen LogP contribution in [0.5, 0.6) is 0 Å². The molecular formula is C17H30N4O2. The molecule has 0 bridgehead atoms. The van der Waals surface area contributed by atoms with Crippen molar-refractivity contribution in [1.82, 2.24) is 15.1 Å². The van der Waals surface area contributed by atoms with Gasteiger partial charge in [-0.25, -0.2) is 0 Å². The van der Waals surface area contributed by atoms with Crippen LogP contribution in [0.4, 0.5) is 0 Å². The van der Waals surface area contributed by atoms with Gasteiger partial charge in [-0.3, -0.25) is 14.5 Å². The van der Waals surface area contributed by atoms with E-state index >= 15 is 0 Å². The third kappa shape index (κ3) is 3.69. The molecule has 2 aliphatic heterocycles. The number of piperazine rings is 1. The topological polar surface area (TPSA) is 78.7 Å². The third-order valence-electron chi connectivity index (χ3n) is 5.97. The summed E-state index contributed by atoms with van der Waals surface area (Å²) in [5.41, 5.74) is 5.60. The number of nitrogens with zero attached hydrogens (tertiary/aromatic N) is 2. The molecule has 1 atom stereocenters. The molecule has 3 rings (SSSR count). The summed E-state index contributed by atoms with van der Waals surface area (Å²) in [6.45, 7) is 4.67. The van der Waals surface area contributed by atoms with Crippen LogP contribution >= 0.6 is 0 Å². The van der Waals surface area contributed by atoms with E-state index in [0.29, 0.717) is 13.1 Å². The van der Waals surface area contributed by atoms with E-state index in [0.717, 1.165) is 39.0 Å². The number of nitrogens with one attached hydrogen (secondary N) is 1. The first-order chi connectivity index (χ1) is 11.1. The van der Waals surface area contributed by atoms with Crippen molar-refractivity contribution in [3.63, 3.8) is 0 Å². The zero-order chi connectivity index (χ0) is 16.3. The molecule has 1 spiro atoms. The smallest absolute Gasteiger partial charge is 0.236 e. The van der Waals surface area contributed by atoms with E-state index in [1.165, 1.54) is 32.1 Å². The molecule has 3 aliphatic rings. The minimum atomic E-state index is -0.270. The lowest BCUT2D eigenvalue weighted by molar-refractivity contribution is -0.138. The molecule has 1 saturated carbocycles. The molecule has 0 aromatic carbocycles. The number of nitrogens with two attached hydrogens (primary N) is 1. The highest BCUT2D eigenvalue weighted by molar-refractivity contribution is 5.81. The second-order valence-corrected chi connectivity index (χ2v) is 7.46. The van der Waals surface area contributed by atoms with Gasteiger partial charge in [0.15, 0.2) is 0 Å². The number of carbonyl (C=O) groups excluding carboxylic acids is 2. The molecule has 1 unspecified atom stereocenters. The Hall–Kier alpha value is -1.14. The number of rotatable bonds is 3. The number of piperidine rings is 1. The zero-order valence-electron chi connectivity index (χ0n) is 14.1. The van der Waals surface area contributed by atoms with Gasteiger partial charge in [0.25, 0.3) is 0 Å². The van der Waals surface area contributed by atoms with Crippen LogP contribution in [0.15, 0.2) is 0 Å². The zero-order valence-corrected chi connectivity index (χ0v) is 14.1. The predicted octanol–water partition coefficient (Wildman–Crippen LogP) is 0.318. The summed E-state index contributed by atoms with van der Waals surface area (Å²) in [5.74, 6) is -0.268. The van der Waals surface area contributed by atoms with Gasteiger partial charge in [0.05, 0.1) is 12.5 Å². The number of carbonyl (C=O) groups is 2. The van der Waals surface area contributed by atoms with Crippen molar-refractivity contribution in [3.8, 4) is 0 Å². The van der Waals surface area contributed by atoms with Gasteiger partial charge in [0, 0.05) is 38.3 Å². The Bertz CT molecular complexity index is 440. The van der Waals surface area contributed by atoms with Crippen LogP contribution in [0.3, 0.4) is 0 Å². The van der Waals surface area contributed by atoms with E-state index in [2.05, 4.69) is 10.2 Å². The second-order valence-electron chi connectivity index (χ2n) is 7.46. The van der Waals surface area contributed by atoms with Crippen molar-refractivity contribution in [2.45, 2.75) is 50.5 Å². The number of primary amides is 1. The Kier molecular flexibility index (Phi) is 5.21. The van der Waals surface area contributed by atoms with E-state index in [1.807, 2.05) is 4.90 Å². The molecule has 0 aromatic heterocycles. The number of hydrogen-bond acceptors (Lipinski definition) is 4. The highest BCUT2D eigenvalue weighted by Gasteiger charge is 2.41. The Balaban J connectivity index is 1.62. The van der Waals surface area contributed by atoms with Gasteiger partial charge in [0.1, 0.15) is 0 Å². The standard InChI is InChI=1S/C17H30N4O2/c18-16(23)14-5-4-9-20(11-14)15(22)12-21-10-8-19-13-17(21)6-2-1-3-7-17/h14,19H,1-13H2,(H2,18,23). The fourth-order valence-corrected chi connectivity index (χ4v) is 4.53. The molecule has 2 heterocycles. The monoisotopic (exact) mass is 322 g/mol. The van der Waals surface area contributed by atoms with E-state index in [-0.39, 0.29) is 23.3 Å². The third-order valence-corrected chi connectivity index (χ3v) is 5.97. The van der Waals surface area contributed by atoms with Crippen molar-refractivity contribution in [3.05, 3.63) is 0 Å². The molecule has 130 valence electrons. The van der Waals surface area contributed by atoms with Crippen LogP contribution in [0, 0.1) is 5.92 Å². The molecule has 0 aromatic rings. The van der Waals surface area contributed by atoms with Gasteiger partial charge in [-0.15, -0.1) is 0 Å². The number of likely N-dealkylation sites (tertiary alicyclic amines) is 1. The molecule has 6 nitrogen and oxygen atoms in total. The molecule has 6 heteroatoms. The second kappa shape index (κ2) is 7.18. The maximum Gasteiger partial charge on any atom is 0.236 e. The van der Waals surface area contributed by atoms with E-state index in [9.17, 15) is 9.59 Å². The van der Waals surface area contributed by atoms with Crippen molar-refractivity contribution in [2.24, 2.45) is 11.7 Å². The van der Waals surface area contributed by atoms with E-state index in [4.69, 9.17) is 5.73 Å². The summed E-state index contributed by atoms with van der Waals surface area (Å²) >= 11 is 0. The van der Waals surface area contributed by atoms with Crippen LogP contribution in [-0.4, -0.2) is 66.4 Å². The minimum absolute atomic E-state index is 0.167. The van der Waals surface area contributed by atoms with Gasteiger partial charge < -0.3 is 16.0 Å². The van der Waals surface area contributed by atoms with Crippen molar-refractivity contribution < 1.29 is 9.59 Å². The summed E-state index contributed by atoms with van der Waals surface area (Å²) in [4.78, 5) is 28.5. The maximum atomic E-state index is 12.8. The van der Waals surface area contributed by atoms with Gasteiger partial charge in [0.2, 0.25) is 11.8 Å². The van der Waals surface area contributed by atoms with Crippen LogP contribution in [0.2, 0.25) is 0 Å². The van der Waals surface area contributed by atoms with Crippen LogP contribution in [-0.2, 0) is 9.59 Å². The average molecular weight is 322 g/mol. The first-order valence-electron chi connectivity index (χ1n) is 9.14. The first kappa shape index (κ1) is 16.7. The maximum absolute atomic E-state index is 12.8. The van der Waals surface area contributed by atoms with Crippen molar-refractivity contribution in [1.29, 1.82) is 0 Å². The molecule has 1 aliphatic carbocycles. The predicted molar refractivity (Wildman–Crippen MR) is 88.8 cm³/mol. The molecule has 3 fully saturated rings. The number of hydrogen-bond donors (Lipinski definition) is 2. The summed E-state index contributed by atoms with van der Waals surface area (Å²) < 4.78 is 0. The summed E-state index contributed by atoms with van der Waals surface area (Å²) in [7, 11) is 0. The lowest BCUT2D eigenvalue weighted by atomic mass is 9.79. The summed E-state index contributed by atoms with van der Waals surface area (Å²) in [6, 6.07) is 0. The summed E-state index contributed by atoms with van der Waals surface area (Å²) in [6.07, 6.45) is 7.92. The average Bonchev–Trinajstić information content (AvgIpc) is 2.58. The molecule has 2 amide bonds. The highest BCUT2D eigenvalue weighted by atomic mass is 16.2. The molecule has 3 N–H and O–H groups in total. The Morgan fingerprint density at radius 2 is 1.91 bits per heavy atom. The van der Waals surface area contributed by atoms with Gasteiger partial charge in [-0.05, 0) is 25.7 Å². The largest absolute Gasteiger partial charge is 0.369 e. The van der Waals surface area contributed by atoms with E-state index in [1.54, 1.807) is 0 Å². The van der Waals surface area contributed by atoms with Gasteiger partial charge >= 0.3 is 0 Å². The molecular weight excluding hydrogens is 292 g/mol. The van der Waals surface area contributed by atoms with Crippen LogP contribution < -0.4 is 11.1 Å². The molecule has 2 saturated heterocycles. The van der Waals surface area contributed by atoms with Gasteiger partial charge in [-0.1, -0.05) is 19.3 Å². The van der Waals surface area contributed by atoms with Crippen molar-refractivity contribution in [2.75, 3.05) is 39.3 Å². The fourth-order valence-electron chi connectivity index (χ4n) is 4.53.